The van der Waals surface area contributed by atoms with Crippen molar-refractivity contribution in [2.45, 2.75) is 11.8 Å². The lowest BCUT2D eigenvalue weighted by Crippen LogP contribution is -2.36. The summed E-state index contributed by atoms with van der Waals surface area (Å²) in [6.45, 7) is 0.354. The summed E-state index contributed by atoms with van der Waals surface area (Å²) in [4.78, 5) is 10.7. The molecular formula is C12H16NO6S-. The van der Waals surface area contributed by atoms with Crippen LogP contribution < -0.4 is 5.11 Å². The van der Waals surface area contributed by atoms with Crippen molar-refractivity contribution in [3.05, 3.63) is 29.3 Å². The van der Waals surface area contributed by atoms with E-state index in [4.69, 9.17) is 10.2 Å². The third-order valence-electron chi connectivity index (χ3n) is 2.77. The Kier molecular flexibility index (Phi) is 5.63. The summed E-state index contributed by atoms with van der Waals surface area (Å²) in [7, 11) is -3.98. The summed E-state index contributed by atoms with van der Waals surface area (Å²) >= 11 is 0. The first kappa shape index (κ1) is 16.6. The van der Waals surface area contributed by atoms with E-state index in [9.17, 15) is 18.3 Å². The zero-order valence-corrected chi connectivity index (χ0v) is 11.8. The number of aliphatic hydroxyl groups is 2. The molecule has 112 valence electrons. The molecule has 1 aromatic rings. The van der Waals surface area contributed by atoms with Crippen LogP contribution >= 0.6 is 0 Å². The van der Waals surface area contributed by atoms with Gasteiger partial charge >= 0.3 is 0 Å². The molecule has 0 aliphatic rings. The maximum atomic E-state index is 12.3. The third kappa shape index (κ3) is 3.54. The van der Waals surface area contributed by atoms with Crippen LogP contribution in [-0.2, 0) is 10.0 Å². The van der Waals surface area contributed by atoms with Gasteiger partial charge in [0.05, 0.1) is 24.1 Å². The third-order valence-corrected chi connectivity index (χ3v) is 4.66. The number of hydrogen-bond acceptors (Lipinski definition) is 6. The van der Waals surface area contributed by atoms with Crippen LogP contribution in [0.25, 0.3) is 0 Å². The monoisotopic (exact) mass is 302 g/mol. The fourth-order valence-corrected chi connectivity index (χ4v) is 3.15. The first-order valence-corrected chi connectivity index (χ1v) is 7.32. The standard InChI is InChI=1S/C12H17NO6S/c1-9-2-3-10(8-11(9)12(16)17)20(18,19)13(4-6-14)5-7-15/h2-3,8,14-15H,4-7H2,1H3,(H,16,17)/p-1. The molecule has 0 saturated heterocycles. The number of aromatic carboxylic acids is 1. The Morgan fingerprint density at radius 1 is 1.25 bits per heavy atom. The average Bonchev–Trinajstić information content (AvgIpc) is 2.38. The van der Waals surface area contributed by atoms with Gasteiger partial charge in [-0.2, -0.15) is 4.31 Å². The molecule has 0 bridgehead atoms. The largest absolute Gasteiger partial charge is 0.545 e. The molecule has 8 heteroatoms. The first-order valence-electron chi connectivity index (χ1n) is 5.88. The number of aryl methyl sites for hydroxylation is 1. The molecule has 0 unspecified atom stereocenters. The second-order valence-electron chi connectivity index (χ2n) is 4.12. The minimum atomic E-state index is -3.98. The van der Waals surface area contributed by atoms with E-state index in [1.54, 1.807) is 0 Å². The predicted molar refractivity (Wildman–Crippen MR) is 68.4 cm³/mol. The van der Waals surface area contributed by atoms with E-state index in [1.807, 2.05) is 0 Å². The van der Waals surface area contributed by atoms with Crippen LogP contribution in [0.4, 0.5) is 0 Å². The van der Waals surface area contributed by atoms with Gasteiger partial charge in [0.15, 0.2) is 0 Å². The number of rotatable bonds is 7. The Bertz CT molecular complexity index is 578. The van der Waals surface area contributed by atoms with E-state index in [0.717, 1.165) is 10.4 Å². The van der Waals surface area contributed by atoms with Crippen molar-refractivity contribution in [3.8, 4) is 0 Å². The van der Waals surface area contributed by atoms with Crippen LogP contribution in [0.3, 0.4) is 0 Å². The van der Waals surface area contributed by atoms with Crippen LogP contribution in [0, 0.1) is 6.92 Å². The molecule has 0 fully saturated rings. The summed E-state index contributed by atoms with van der Waals surface area (Å²) in [5.74, 6) is -1.46. The van der Waals surface area contributed by atoms with Gasteiger partial charge in [-0.25, -0.2) is 8.42 Å². The van der Waals surface area contributed by atoms with Crippen molar-refractivity contribution in [1.82, 2.24) is 4.31 Å². The second-order valence-corrected chi connectivity index (χ2v) is 6.05. The van der Waals surface area contributed by atoms with E-state index in [1.165, 1.54) is 19.1 Å². The van der Waals surface area contributed by atoms with Crippen molar-refractivity contribution in [2.75, 3.05) is 26.3 Å². The van der Waals surface area contributed by atoms with E-state index in [2.05, 4.69) is 0 Å². The smallest absolute Gasteiger partial charge is 0.243 e. The van der Waals surface area contributed by atoms with Crippen LogP contribution in [0.5, 0.6) is 0 Å². The van der Waals surface area contributed by atoms with E-state index >= 15 is 0 Å². The Hall–Kier alpha value is -1.48. The summed E-state index contributed by atoms with van der Waals surface area (Å²) in [6, 6.07) is 3.66. The van der Waals surface area contributed by atoms with E-state index < -0.39 is 29.2 Å². The molecular weight excluding hydrogens is 286 g/mol. The van der Waals surface area contributed by atoms with E-state index in [0.29, 0.717) is 5.56 Å². The summed E-state index contributed by atoms with van der Waals surface area (Å²) in [5.41, 5.74) is 0.179. The summed E-state index contributed by atoms with van der Waals surface area (Å²) in [5, 5.41) is 28.7. The van der Waals surface area contributed by atoms with Crippen LogP contribution in [0.1, 0.15) is 15.9 Å². The Morgan fingerprint density at radius 3 is 2.25 bits per heavy atom. The molecule has 1 rings (SSSR count). The zero-order chi connectivity index (χ0) is 15.3. The Balaban J connectivity index is 3.26. The van der Waals surface area contributed by atoms with Crippen LogP contribution in [0.15, 0.2) is 23.1 Å². The molecule has 0 amide bonds. The van der Waals surface area contributed by atoms with Crippen LogP contribution in [-0.4, -0.2) is 55.2 Å². The van der Waals surface area contributed by atoms with Crippen molar-refractivity contribution in [3.63, 3.8) is 0 Å². The molecule has 7 nitrogen and oxygen atoms in total. The highest BCUT2D eigenvalue weighted by Crippen LogP contribution is 2.19. The summed E-state index contributed by atoms with van der Waals surface area (Å²) in [6.07, 6.45) is 0. The highest BCUT2D eigenvalue weighted by molar-refractivity contribution is 7.89. The lowest BCUT2D eigenvalue weighted by Gasteiger charge is -2.21. The molecule has 0 aromatic heterocycles. The van der Waals surface area contributed by atoms with Gasteiger partial charge in [0.2, 0.25) is 10.0 Å². The SMILES string of the molecule is Cc1ccc(S(=O)(=O)N(CCO)CCO)cc1C(=O)[O-]. The number of hydrogen-bond donors (Lipinski definition) is 2. The molecule has 0 aliphatic carbocycles. The maximum absolute atomic E-state index is 12.3. The first-order chi connectivity index (χ1) is 9.34. The molecule has 0 aliphatic heterocycles. The van der Waals surface area contributed by atoms with Gasteiger partial charge in [-0.05, 0) is 24.6 Å². The lowest BCUT2D eigenvalue weighted by atomic mass is 10.1. The summed E-state index contributed by atoms with van der Waals surface area (Å²) < 4.78 is 25.5. The number of carboxylic acid groups (broad SMARTS) is 1. The highest BCUT2D eigenvalue weighted by atomic mass is 32.2. The van der Waals surface area contributed by atoms with Gasteiger partial charge in [0.25, 0.3) is 0 Å². The number of carbonyl (C=O) groups is 1. The maximum Gasteiger partial charge on any atom is 0.243 e. The van der Waals surface area contributed by atoms with Gasteiger partial charge in [0, 0.05) is 18.7 Å². The average molecular weight is 302 g/mol. The lowest BCUT2D eigenvalue weighted by molar-refractivity contribution is -0.255. The van der Waals surface area contributed by atoms with E-state index in [-0.39, 0.29) is 23.5 Å². The molecule has 2 N–H and O–H groups in total. The normalized spacial score (nSPS) is 11.8. The number of benzene rings is 1. The minimum Gasteiger partial charge on any atom is -0.545 e. The van der Waals surface area contributed by atoms with Gasteiger partial charge in [-0.15, -0.1) is 0 Å². The molecule has 20 heavy (non-hydrogen) atoms. The second kappa shape index (κ2) is 6.80. The van der Waals surface area contributed by atoms with Crippen molar-refractivity contribution < 1.29 is 28.5 Å². The minimum absolute atomic E-state index is 0.183. The quantitative estimate of drug-likeness (QED) is 0.622. The molecule has 0 spiro atoms. The fourth-order valence-electron chi connectivity index (χ4n) is 1.71. The number of sulfonamides is 1. The molecule has 0 radical (unpaired) electrons. The predicted octanol–water partition coefficient (Wildman–Crippen LogP) is -1.67. The molecule has 0 heterocycles. The highest BCUT2D eigenvalue weighted by Gasteiger charge is 2.24. The number of carboxylic acids is 1. The van der Waals surface area contributed by atoms with Crippen molar-refractivity contribution >= 4 is 16.0 Å². The van der Waals surface area contributed by atoms with Crippen molar-refractivity contribution in [1.29, 1.82) is 0 Å². The number of carbonyl (C=O) groups excluding carboxylic acids is 1. The molecule has 1 aromatic carbocycles. The number of aliphatic hydroxyl groups excluding tert-OH is 2. The Labute approximate surface area is 117 Å². The zero-order valence-electron chi connectivity index (χ0n) is 10.9. The van der Waals surface area contributed by atoms with Crippen molar-refractivity contribution in [2.24, 2.45) is 0 Å². The molecule has 0 saturated carbocycles. The fraction of sp³-hybridized carbons (Fsp3) is 0.417. The number of nitrogens with zero attached hydrogens (tertiary/aromatic N) is 1. The Morgan fingerprint density at radius 2 is 1.80 bits per heavy atom. The van der Waals surface area contributed by atoms with Gasteiger partial charge in [-0.1, -0.05) is 6.07 Å². The van der Waals surface area contributed by atoms with Gasteiger partial charge in [0.1, 0.15) is 0 Å². The van der Waals surface area contributed by atoms with Crippen LogP contribution in [0.2, 0.25) is 0 Å². The van der Waals surface area contributed by atoms with Gasteiger partial charge in [-0.3, -0.25) is 0 Å². The topological polar surface area (TPSA) is 118 Å². The van der Waals surface area contributed by atoms with Gasteiger partial charge < -0.3 is 20.1 Å². The molecule has 0 atom stereocenters.